The van der Waals surface area contributed by atoms with Crippen molar-refractivity contribution in [1.82, 2.24) is 15.2 Å². The molecule has 32 heavy (non-hydrogen) atoms. The van der Waals surface area contributed by atoms with Crippen molar-refractivity contribution in [3.05, 3.63) is 48.3 Å². The molecule has 1 fully saturated rings. The van der Waals surface area contributed by atoms with Gasteiger partial charge in [0.1, 0.15) is 25.1 Å². The molecule has 0 spiro atoms. The number of benzene rings is 1. The number of nitrogens with one attached hydrogen (secondary N) is 1. The van der Waals surface area contributed by atoms with E-state index >= 15 is 0 Å². The Kier molecular flexibility index (Phi) is 10.6. The number of rotatable bonds is 12. The van der Waals surface area contributed by atoms with Crippen LogP contribution < -0.4 is 19.5 Å². The van der Waals surface area contributed by atoms with Gasteiger partial charge >= 0.3 is 0 Å². The monoisotopic (exact) mass is 443 g/mol. The Hall–Kier alpha value is -2.35. The van der Waals surface area contributed by atoms with Gasteiger partial charge in [-0.25, -0.2) is 0 Å². The molecule has 0 amide bonds. The van der Waals surface area contributed by atoms with Gasteiger partial charge < -0.3 is 29.5 Å². The summed E-state index contributed by atoms with van der Waals surface area (Å²) in [6, 6.07) is 9.63. The fourth-order valence-electron chi connectivity index (χ4n) is 3.88. The van der Waals surface area contributed by atoms with E-state index in [2.05, 4.69) is 15.2 Å². The minimum absolute atomic E-state index is 0.260. The Morgan fingerprint density at radius 2 is 1.88 bits per heavy atom. The van der Waals surface area contributed by atoms with Crippen LogP contribution in [0, 0.1) is 0 Å². The minimum atomic E-state index is -0.514. The quantitative estimate of drug-likeness (QED) is 0.488. The maximum absolute atomic E-state index is 10.5. The molecule has 7 heteroatoms. The highest BCUT2D eigenvalue weighted by Crippen LogP contribution is 2.28. The van der Waals surface area contributed by atoms with Gasteiger partial charge in [-0.15, -0.1) is 0 Å². The third-order valence-corrected chi connectivity index (χ3v) is 5.59. The first-order valence-corrected chi connectivity index (χ1v) is 11.7. The molecule has 176 valence electrons. The fourth-order valence-corrected chi connectivity index (χ4v) is 3.88. The van der Waals surface area contributed by atoms with Crippen molar-refractivity contribution in [3.8, 4) is 17.2 Å². The third kappa shape index (κ3) is 8.65. The summed E-state index contributed by atoms with van der Waals surface area (Å²) >= 11 is 0. The average molecular weight is 444 g/mol. The van der Waals surface area contributed by atoms with Gasteiger partial charge in [0.15, 0.2) is 11.5 Å². The van der Waals surface area contributed by atoms with E-state index in [1.807, 2.05) is 30.3 Å². The molecule has 0 bridgehead atoms. The summed E-state index contributed by atoms with van der Waals surface area (Å²) < 4.78 is 17.0. The second-order valence-corrected chi connectivity index (χ2v) is 8.23. The van der Waals surface area contributed by atoms with Crippen molar-refractivity contribution in [3.63, 3.8) is 0 Å². The normalized spacial score (nSPS) is 16.1. The lowest BCUT2D eigenvalue weighted by atomic mass is 10.1. The molecular weight excluding hydrogens is 406 g/mol. The Balaban J connectivity index is 1.39. The van der Waals surface area contributed by atoms with Crippen LogP contribution in [0.3, 0.4) is 0 Å². The number of aliphatic hydroxyl groups is 1. The summed E-state index contributed by atoms with van der Waals surface area (Å²) in [5.41, 5.74) is 1.09. The SMILES string of the molecule is COc1cc(CNCCOc2cccnc2)ccc1OC[C@H](O)CN1CCCCCCC1. The second-order valence-electron chi connectivity index (χ2n) is 8.23. The van der Waals surface area contributed by atoms with Crippen molar-refractivity contribution in [2.45, 2.75) is 44.8 Å². The Morgan fingerprint density at radius 3 is 2.62 bits per heavy atom. The first kappa shape index (κ1) is 24.3. The first-order valence-electron chi connectivity index (χ1n) is 11.7. The summed E-state index contributed by atoms with van der Waals surface area (Å²) in [6.07, 6.45) is 9.26. The number of nitrogens with zero attached hydrogens (tertiary/aromatic N) is 2. The largest absolute Gasteiger partial charge is 0.493 e. The van der Waals surface area contributed by atoms with E-state index < -0.39 is 6.10 Å². The molecule has 1 aromatic carbocycles. The molecule has 0 saturated carbocycles. The average Bonchev–Trinajstić information content (AvgIpc) is 2.80. The Labute approximate surface area is 191 Å². The third-order valence-electron chi connectivity index (χ3n) is 5.59. The van der Waals surface area contributed by atoms with Gasteiger partial charge in [-0.3, -0.25) is 4.98 Å². The zero-order chi connectivity index (χ0) is 22.4. The smallest absolute Gasteiger partial charge is 0.161 e. The number of likely N-dealkylation sites (tertiary alicyclic amines) is 1. The number of aromatic nitrogens is 1. The molecule has 1 aliphatic heterocycles. The first-order chi connectivity index (χ1) is 15.7. The van der Waals surface area contributed by atoms with E-state index in [1.165, 1.54) is 32.1 Å². The van der Waals surface area contributed by atoms with E-state index in [1.54, 1.807) is 19.5 Å². The highest BCUT2D eigenvalue weighted by Gasteiger charge is 2.15. The van der Waals surface area contributed by atoms with E-state index in [4.69, 9.17) is 14.2 Å². The highest BCUT2D eigenvalue weighted by molar-refractivity contribution is 5.43. The molecule has 2 heterocycles. The highest BCUT2D eigenvalue weighted by atomic mass is 16.5. The van der Waals surface area contributed by atoms with Gasteiger partial charge in [0.2, 0.25) is 0 Å². The van der Waals surface area contributed by atoms with E-state index in [-0.39, 0.29) is 6.61 Å². The number of hydrogen-bond acceptors (Lipinski definition) is 7. The van der Waals surface area contributed by atoms with Gasteiger partial charge in [0.05, 0.1) is 13.3 Å². The standard InChI is InChI=1S/C25H37N3O4/c1-30-25-16-21(17-27-12-15-31-23-8-7-11-26-18-23)9-10-24(25)32-20-22(29)19-28-13-5-3-2-4-6-14-28/h7-11,16,18,22,27,29H,2-6,12-15,17,19-20H2,1H3/t22-/m1/s1. The number of methoxy groups -OCH3 is 1. The number of β-amino-alcohol motifs (C(OH)–C–C–N with tert-alkyl or cyclic N) is 1. The number of pyridine rings is 1. The lowest BCUT2D eigenvalue weighted by Gasteiger charge is -2.26. The van der Waals surface area contributed by atoms with E-state index in [0.29, 0.717) is 31.2 Å². The molecule has 1 aromatic heterocycles. The van der Waals surface area contributed by atoms with Crippen LogP contribution in [0.4, 0.5) is 0 Å². The maximum Gasteiger partial charge on any atom is 0.161 e. The summed E-state index contributed by atoms with van der Waals surface area (Å²) in [5, 5.41) is 13.8. The summed E-state index contributed by atoms with van der Waals surface area (Å²) in [6.45, 7) is 5.04. The fraction of sp³-hybridized carbons (Fsp3) is 0.560. The van der Waals surface area contributed by atoms with Crippen LogP contribution in [0.5, 0.6) is 17.2 Å². The van der Waals surface area contributed by atoms with Crippen LogP contribution in [0.15, 0.2) is 42.7 Å². The lowest BCUT2D eigenvalue weighted by Crippen LogP contribution is -2.37. The van der Waals surface area contributed by atoms with Crippen molar-refractivity contribution in [2.75, 3.05) is 46.5 Å². The zero-order valence-electron chi connectivity index (χ0n) is 19.2. The molecule has 2 aromatic rings. The van der Waals surface area contributed by atoms with Crippen molar-refractivity contribution >= 4 is 0 Å². The molecule has 0 radical (unpaired) electrons. The van der Waals surface area contributed by atoms with Gasteiger partial charge in [0.25, 0.3) is 0 Å². The van der Waals surface area contributed by atoms with E-state index in [0.717, 1.165) is 30.9 Å². The van der Waals surface area contributed by atoms with E-state index in [9.17, 15) is 5.11 Å². The summed E-state index contributed by atoms with van der Waals surface area (Å²) in [4.78, 5) is 6.39. The molecule has 1 aliphatic rings. The zero-order valence-corrected chi connectivity index (χ0v) is 19.2. The maximum atomic E-state index is 10.5. The molecule has 0 aliphatic carbocycles. The Bertz CT molecular complexity index is 767. The Morgan fingerprint density at radius 1 is 1.06 bits per heavy atom. The molecule has 1 atom stereocenters. The summed E-state index contributed by atoms with van der Waals surface area (Å²) in [7, 11) is 1.64. The molecule has 1 saturated heterocycles. The van der Waals surface area contributed by atoms with Crippen LogP contribution in [0.25, 0.3) is 0 Å². The minimum Gasteiger partial charge on any atom is -0.493 e. The van der Waals surface area contributed by atoms with Crippen LogP contribution >= 0.6 is 0 Å². The number of aliphatic hydroxyl groups excluding tert-OH is 1. The predicted molar refractivity (Wildman–Crippen MR) is 125 cm³/mol. The van der Waals surface area contributed by atoms with Gasteiger partial charge in [-0.05, 0) is 55.8 Å². The molecule has 2 N–H and O–H groups in total. The molecule has 7 nitrogen and oxygen atoms in total. The molecule has 3 rings (SSSR count). The number of ether oxygens (including phenoxy) is 3. The summed E-state index contributed by atoms with van der Waals surface area (Å²) in [5.74, 6) is 2.10. The van der Waals surface area contributed by atoms with Crippen molar-refractivity contribution in [1.29, 1.82) is 0 Å². The van der Waals surface area contributed by atoms with Crippen LogP contribution in [0.1, 0.15) is 37.7 Å². The van der Waals surface area contributed by atoms with Crippen LogP contribution in [-0.4, -0.2) is 67.6 Å². The molecule has 0 unspecified atom stereocenters. The number of hydrogen-bond donors (Lipinski definition) is 2. The van der Waals surface area contributed by atoms with Crippen LogP contribution in [0.2, 0.25) is 0 Å². The molecular formula is C25H37N3O4. The second kappa shape index (κ2) is 13.9. The van der Waals surface area contributed by atoms with Gasteiger partial charge in [-0.1, -0.05) is 25.3 Å². The van der Waals surface area contributed by atoms with Gasteiger partial charge in [-0.2, -0.15) is 0 Å². The van der Waals surface area contributed by atoms with Crippen molar-refractivity contribution < 1.29 is 19.3 Å². The topological polar surface area (TPSA) is 76.1 Å². The van der Waals surface area contributed by atoms with Gasteiger partial charge in [0, 0.05) is 25.8 Å². The predicted octanol–water partition coefficient (Wildman–Crippen LogP) is 3.26. The lowest BCUT2D eigenvalue weighted by molar-refractivity contribution is 0.0645. The van der Waals surface area contributed by atoms with Crippen molar-refractivity contribution in [2.24, 2.45) is 0 Å². The van der Waals surface area contributed by atoms with Crippen LogP contribution in [-0.2, 0) is 6.54 Å².